The second-order valence-electron chi connectivity index (χ2n) is 2.63. The lowest BCUT2D eigenvalue weighted by Crippen LogP contribution is -2.18. The summed E-state index contributed by atoms with van der Waals surface area (Å²) in [6.45, 7) is 0. The molecule has 0 aliphatic rings. The molecule has 0 aromatic carbocycles. The first kappa shape index (κ1) is 13.8. The summed E-state index contributed by atoms with van der Waals surface area (Å²) in [5, 5.41) is 0.328. The molecule has 0 bridgehead atoms. The minimum absolute atomic E-state index is 0.0940. The summed E-state index contributed by atoms with van der Waals surface area (Å²) in [7, 11) is 1.40. The maximum atomic E-state index is 12.0. The van der Waals surface area contributed by atoms with Crippen LogP contribution in [0.2, 0.25) is 0 Å². The van der Waals surface area contributed by atoms with Crippen LogP contribution in [-0.2, 0) is 5.33 Å². The zero-order chi connectivity index (χ0) is 12.3. The van der Waals surface area contributed by atoms with Crippen LogP contribution in [0.5, 0.6) is 11.6 Å². The van der Waals surface area contributed by atoms with Gasteiger partial charge in [0.05, 0.1) is 7.11 Å². The molecule has 16 heavy (non-hydrogen) atoms. The van der Waals surface area contributed by atoms with Gasteiger partial charge in [-0.25, -0.2) is 4.98 Å². The highest BCUT2D eigenvalue weighted by Gasteiger charge is 2.32. The van der Waals surface area contributed by atoms with Gasteiger partial charge in [0.25, 0.3) is 0 Å². The molecule has 0 radical (unpaired) electrons. The summed E-state index contributed by atoms with van der Waals surface area (Å²) < 4.78 is 45.0. The number of rotatable bonds is 3. The predicted octanol–water partition coefficient (Wildman–Crippen LogP) is 3.49. The van der Waals surface area contributed by atoms with E-state index in [4.69, 9.17) is 4.74 Å². The molecule has 1 heterocycles. The Hall–Kier alpha value is -0.250. The topological polar surface area (TPSA) is 31.4 Å². The van der Waals surface area contributed by atoms with Crippen molar-refractivity contribution in [2.45, 2.75) is 11.7 Å². The summed E-state index contributed by atoms with van der Waals surface area (Å²) in [6.07, 6.45) is -4.72. The Kier molecular flexibility index (Phi) is 4.65. The zero-order valence-electron chi connectivity index (χ0n) is 7.94. The summed E-state index contributed by atoms with van der Waals surface area (Å²) in [6, 6.07) is 1.25. The average Bonchev–Trinajstić information content (AvgIpc) is 2.18. The molecule has 0 atom stereocenters. The van der Waals surface area contributed by atoms with Crippen molar-refractivity contribution in [3.8, 4) is 11.6 Å². The smallest absolute Gasteiger partial charge is 0.481 e. The van der Waals surface area contributed by atoms with Gasteiger partial charge in [-0.05, 0) is 28.7 Å². The molecule has 0 aliphatic carbocycles. The Morgan fingerprint density at radius 2 is 2.12 bits per heavy atom. The number of methoxy groups -OCH3 is 1. The van der Waals surface area contributed by atoms with E-state index in [-0.39, 0.29) is 15.3 Å². The minimum Gasteiger partial charge on any atom is -0.481 e. The predicted molar refractivity (Wildman–Crippen MR) is 62.8 cm³/mol. The third-order valence-electron chi connectivity index (χ3n) is 1.55. The van der Waals surface area contributed by atoms with Crippen LogP contribution in [0.25, 0.3) is 0 Å². The van der Waals surface area contributed by atoms with Crippen LogP contribution in [-0.4, -0.2) is 18.5 Å². The van der Waals surface area contributed by atoms with Gasteiger partial charge in [-0.15, -0.1) is 13.2 Å². The number of ether oxygens (including phenoxy) is 2. The Bertz CT molecular complexity index is 386. The molecule has 0 spiro atoms. The van der Waals surface area contributed by atoms with Gasteiger partial charge >= 0.3 is 6.36 Å². The standard InChI is InChI=1S/C8H6BrF3INO2/c1-15-7-4(3-9)2-5(6(13)14-7)16-8(10,11)12/h2H,3H2,1H3. The molecule has 0 amide bonds. The lowest BCUT2D eigenvalue weighted by molar-refractivity contribution is -0.275. The largest absolute Gasteiger partial charge is 0.573 e. The maximum Gasteiger partial charge on any atom is 0.573 e. The summed E-state index contributed by atoms with van der Waals surface area (Å²) >= 11 is 4.78. The normalized spacial score (nSPS) is 11.4. The Morgan fingerprint density at radius 1 is 1.50 bits per heavy atom. The van der Waals surface area contributed by atoms with Gasteiger partial charge in [0.2, 0.25) is 5.88 Å². The van der Waals surface area contributed by atoms with E-state index >= 15 is 0 Å². The molecule has 0 saturated carbocycles. The van der Waals surface area contributed by atoms with Crippen LogP contribution in [0, 0.1) is 3.70 Å². The number of halogens is 5. The van der Waals surface area contributed by atoms with Gasteiger partial charge in [-0.1, -0.05) is 15.9 Å². The molecule has 1 aromatic heterocycles. The molecule has 1 aromatic rings. The van der Waals surface area contributed by atoms with Crippen molar-refractivity contribution in [3.05, 3.63) is 15.3 Å². The maximum absolute atomic E-state index is 12.0. The Morgan fingerprint density at radius 3 is 2.56 bits per heavy atom. The molecule has 1 rings (SSSR count). The monoisotopic (exact) mass is 411 g/mol. The fourth-order valence-electron chi connectivity index (χ4n) is 0.964. The van der Waals surface area contributed by atoms with E-state index in [0.29, 0.717) is 10.9 Å². The first-order chi connectivity index (χ1) is 7.37. The lowest BCUT2D eigenvalue weighted by Gasteiger charge is -2.12. The molecule has 0 unspecified atom stereocenters. The average molecular weight is 412 g/mol. The second-order valence-corrected chi connectivity index (χ2v) is 4.21. The number of alkyl halides is 4. The van der Waals surface area contributed by atoms with Crippen molar-refractivity contribution >= 4 is 38.5 Å². The molecule has 0 fully saturated rings. The van der Waals surface area contributed by atoms with Crippen molar-refractivity contribution < 1.29 is 22.6 Å². The minimum atomic E-state index is -4.72. The SMILES string of the molecule is COc1nc(I)c(OC(F)(F)F)cc1CBr. The van der Waals surface area contributed by atoms with E-state index in [0.717, 1.165) is 0 Å². The van der Waals surface area contributed by atoms with E-state index in [1.54, 1.807) is 22.6 Å². The lowest BCUT2D eigenvalue weighted by atomic mass is 10.3. The van der Waals surface area contributed by atoms with E-state index in [9.17, 15) is 13.2 Å². The first-order valence-electron chi connectivity index (χ1n) is 3.92. The van der Waals surface area contributed by atoms with Gasteiger partial charge in [0.15, 0.2) is 5.75 Å². The van der Waals surface area contributed by atoms with Crippen molar-refractivity contribution in [3.63, 3.8) is 0 Å². The molecule has 0 saturated heterocycles. The highest BCUT2D eigenvalue weighted by Crippen LogP contribution is 2.31. The van der Waals surface area contributed by atoms with E-state index in [1.165, 1.54) is 13.2 Å². The highest BCUT2D eigenvalue weighted by molar-refractivity contribution is 14.1. The molecule has 3 nitrogen and oxygen atoms in total. The van der Waals surface area contributed by atoms with Crippen LogP contribution in [0.1, 0.15) is 5.56 Å². The highest BCUT2D eigenvalue weighted by atomic mass is 127. The van der Waals surface area contributed by atoms with Crippen LogP contribution in [0.4, 0.5) is 13.2 Å². The molecule has 0 aliphatic heterocycles. The van der Waals surface area contributed by atoms with E-state index < -0.39 is 6.36 Å². The molecular formula is C8H6BrF3INO2. The second kappa shape index (κ2) is 5.39. The fourth-order valence-corrected chi connectivity index (χ4v) is 1.85. The third-order valence-corrected chi connectivity index (χ3v) is 2.92. The van der Waals surface area contributed by atoms with E-state index in [1.807, 2.05) is 0 Å². The van der Waals surface area contributed by atoms with Crippen molar-refractivity contribution in [1.82, 2.24) is 4.98 Å². The molecular weight excluding hydrogens is 406 g/mol. The molecule has 8 heteroatoms. The third kappa shape index (κ3) is 3.65. The van der Waals surface area contributed by atoms with Gasteiger partial charge in [0.1, 0.15) is 3.70 Å². The zero-order valence-corrected chi connectivity index (χ0v) is 11.7. The van der Waals surface area contributed by atoms with Gasteiger partial charge < -0.3 is 9.47 Å². The van der Waals surface area contributed by atoms with Crippen LogP contribution in [0.3, 0.4) is 0 Å². The summed E-state index contributed by atoms with van der Waals surface area (Å²) in [5.74, 6) is -0.0563. The quantitative estimate of drug-likeness (QED) is 0.433. The van der Waals surface area contributed by atoms with Crippen molar-refractivity contribution in [1.29, 1.82) is 0 Å². The summed E-state index contributed by atoms with van der Waals surface area (Å²) in [5.41, 5.74) is 0.488. The fraction of sp³-hybridized carbons (Fsp3) is 0.375. The summed E-state index contributed by atoms with van der Waals surface area (Å²) in [4.78, 5) is 3.86. The first-order valence-corrected chi connectivity index (χ1v) is 6.12. The van der Waals surface area contributed by atoms with Gasteiger partial charge in [-0.3, -0.25) is 0 Å². The Labute approximate surface area is 112 Å². The molecule has 90 valence electrons. The van der Waals surface area contributed by atoms with Crippen LogP contribution >= 0.6 is 38.5 Å². The number of aromatic nitrogens is 1. The Balaban J connectivity index is 3.11. The number of pyridine rings is 1. The molecule has 0 N–H and O–H groups in total. The number of hydrogen-bond donors (Lipinski definition) is 0. The van der Waals surface area contributed by atoms with Crippen LogP contribution < -0.4 is 9.47 Å². The van der Waals surface area contributed by atoms with Gasteiger partial charge in [0, 0.05) is 10.9 Å². The van der Waals surface area contributed by atoms with Crippen LogP contribution in [0.15, 0.2) is 6.07 Å². The van der Waals surface area contributed by atoms with Crippen molar-refractivity contribution in [2.24, 2.45) is 0 Å². The number of nitrogens with zero attached hydrogens (tertiary/aromatic N) is 1. The number of hydrogen-bond acceptors (Lipinski definition) is 3. The van der Waals surface area contributed by atoms with Crippen molar-refractivity contribution in [2.75, 3.05) is 7.11 Å². The van der Waals surface area contributed by atoms with E-state index in [2.05, 4.69) is 25.7 Å². The van der Waals surface area contributed by atoms with Gasteiger partial charge in [-0.2, -0.15) is 0 Å².